The van der Waals surface area contributed by atoms with E-state index in [0.29, 0.717) is 30.8 Å². The van der Waals surface area contributed by atoms with E-state index in [-0.39, 0.29) is 11.8 Å². The second-order valence-electron chi connectivity index (χ2n) is 6.94. The lowest BCUT2D eigenvalue weighted by Gasteiger charge is -2.30. The van der Waals surface area contributed by atoms with Gasteiger partial charge in [-0.3, -0.25) is 4.79 Å². The number of anilines is 1. The Labute approximate surface area is 174 Å². The summed E-state index contributed by atoms with van der Waals surface area (Å²) in [4.78, 5) is 12.9. The molecule has 2 aromatic rings. The number of amides is 1. The average Bonchev–Trinajstić information content (AvgIpc) is 2.65. The van der Waals surface area contributed by atoms with E-state index >= 15 is 0 Å². The Morgan fingerprint density at radius 1 is 1.07 bits per heavy atom. The zero-order valence-corrected chi connectivity index (χ0v) is 18.4. The fraction of sp³-hybridized carbons (Fsp3) is 0.350. The van der Waals surface area contributed by atoms with Crippen molar-refractivity contribution in [1.29, 1.82) is 0 Å². The molecule has 0 saturated carbocycles. The van der Waals surface area contributed by atoms with Gasteiger partial charge < -0.3 is 5.32 Å². The monoisotopic (exact) mass is 498 g/mol. The van der Waals surface area contributed by atoms with Gasteiger partial charge in [-0.2, -0.15) is 4.31 Å². The van der Waals surface area contributed by atoms with Gasteiger partial charge in [0.25, 0.3) is 0 Å². The van der Waals surface area contributed by atoms with Crippen molar-refractivity contribution in [3.8, 4) is 0 Å². The van der Waals surface area contributed by atoms with Crippen LogP contribution in [0.1, 0.15) is 24.0 Å². The molecule has 27 heavy (non-hydrogen) atoms. The maximum absolute atomic E-state index is 12.8. The van der Waals surface area contributed by atoms with Gasteiger partial charge in [0.1, 0.15) is 0 Å². The highest BCUT2D eigenvalue weighted by molar-refractivity contribution is 14.1. The summed E-state index contributed by atoms with van der Waals surface area (Å²) < 4.78 is 28.1. The Morgan fingerprint density at radius 2 is 1.70 bits per heavy atom. The summed E-state index contributed by atoms with van der Waals surface area (Å²) in [7, 11) is -3.50. The number of hydrogen-bond acceptors (Lipinski definition) is 3. The normalized spacial score (nSPS) is 16.3. The van der Waals surface area contributed by atoms with Crippen LogP contribution in [0.4, 0.5) is 5.69 Å². The van der Waals surface area contributed by atoms with E-state index < -0.39 is 10.0 Å². The summed E-state index contributed by atoms with van der Waals surface area (Å²) in [5.41, 5.74) is 2.98. The first-order valence-electron chi connectivity index (χ1n) is 8.91. The first-order valence-corrected chi connectivity index (χ1v) is 11.4. The van der Waals surface area contributed by atoms with Crippen LogP contribution >= 0.6 is 22.6 Å². The van der Waals surface area contributed by atoms with Crippen molar-refractivity contribution in [3.05, 3.63) is 57.2 Å². The smallest absolute Gasteiger partial charge is 0.243 e. The van der Waals surface area contributed by atoms with E-state index in [0.717, 1.165) is 14.8 Å². The number of nitrogens with zero attached hydrogens (tertiary/aromatic N) is 1. The molecule has 1 heterocycles. The molecule has 0 bridgehead atoms. The van der Waals surface area contributed by atoms with Crippen molar-refractivity contribution < 1.29 is 13.2 Å². The zero-order chi connectivity index (χ0) is 19.6. The maximum atomic E-state index is 12.8. The minimum Gasteiger partial charge on any atom is -0.326 e. The van der Waals surface area contributed by atoms with Crippen LogP contribution in [0.2, 0.25) is 0 Å². The van der Waals surface area contributed by atoms with Gasteiger partial charge >= 0.3 is 0 Å². The van der Waals surface area contributed by atoms with Crippen molar-refractivity contribution >= 4 is 44.2 Å². The van der Waals surface area contributed by atoms with Crippen LogP contribution in [-0.4, -0.2) is 31.7 Å². The van der Waals surface area contributed by atoms with E-state index in [9.17, 15) is 13.2 Å². The molecule has 1 fully saturated rings. The molecule has 1 amide bonds. The lowest BCUT2D eigenvalue weighted by molar-refractivity contribution is -0.120. The first-order chi connectivity index (χ1) is 12.8. The Balaban J connectivity index is 1.61. The molecule has 3 rings (SSSR count). The molecule has 0 aliphatic carbocycles. The van der Waals surface area contributed by atoms with Crippen LogP contribution in [0.5, 0.6) is 0 Å². The third-order valence-electron chi connectivity index (χ3n) is 4.92. The lowest BCUT2D eigenvalue weighted by atomic mass is 9.97. The summed E-state index contributed by atoms with van der Waals surface area (Å²) in [6.07, 6.45) is 1.06. The van der Waals surface area contributed by atoms with Crippen LogP contribution in [-0.2, 0) is 14.8 Å². The SMILES string of the molecule is Cc1ccc(S(=O)(=O)N2CCC(C(=O)Nc3ccc(C)c(I)c3)CC2)cc1. The minimum atomic E-state index is -3.50. The molecule has 0 spiro atoms. The highest BCUT2D eigenvalue weighted by atomic mass is 127. The predicted octanol–water partition coefficient (Wildman–Crippen LogP) is 3.95. The molecular weight excluding hydrogens is 475 g/mol. The standard InChI is InChI=1S/C20H23IN2O3S/c1-14-3-7-18(8-4-14)27(25,26)23-11-9-16(10-12-23)20(24)22-17-6-5-15(2)19(21)13-17/h3-8,13,16H,9-12H2,1-2H3,(H,22,24). The molecule has 2 aromatic carbocycles. The van der Waals surface area contributed by atoms with Gasteiger partial charge in [-0.1, -0.05) is 23.8 Å². The molecule has 0 aromatic heterocycles. The van der Waals surface area contributed by atoms with Crippen molar-refractivity contribution in [1.82, 2.24) is 4.31 Å². The van der Waals surface area contributed by atoms with E-state index in [4.69, 9.17) is 0 Å². The minimum absolute atomic E-state index is 0.0398. The van der Waals surface area contributed by atoms with Crippen LogP contribution in [0.15, 0.2) is 47.4 Å². The number of rotatable bonds is 4. The summed E-state index contributed by atoms with van der Waals surface area (Å²) in [6, 6.07) is 12.7. The molecule has 1 aliphatic rings. The van der Waals surface area contributed by atoms with Gasteiger partial charge in [0.15, 0.2) is 0 Å². The number of benzene rings is 2. The second-order valence-corrected chi connectivity index (χ2v) is 10.0. The van der Waals surface area contributed by atoms with Crippen molar-refractivity contribution in [2.75, 3.05) is 18.4 Å². The molecule has 1 N–H and O–H groups in total. The fourth-order valence-electron chi connectivity index (χ4n) is 3.13. The predicted molar refractivity (Wildman–Crippen MR) is 115 cm³/mol. The zero-order valence-electron chi connectivity index (χ0n) is 15.4. The Morgan fingerprint density at radius 3 is 2.30 bits per heavy atom. The second kappa shape index (κ2) is 8.28. The van der Waals surface area contributed by atoms with Gasteiger partial charge in [0.05, 0.1) is 4.90 Å². The molecular formula is C20H23IN2O3S. The van der Waals surface area contributed by atoms with Crippen LogP contribution in [0, 0.1) is 23.3 Å². The van der Waals surface area contributed by atoms with E-state index in [1.807, 2.05) is 32.0 Å². The molecule has 0 atom stereocenters. The largest absolute Gasteiger partial charge is 0.326 e. The number of nitrogens with one attached hydrogen (secondary N) is 1. The summed E-state index contributed by atoms with van der Waals surface area (Å²) >= 11 is 2.25. The molecule has 5 nitrogen and oxygen atoms in total. The van der Waals surface area contributed by atoms with Gasteiger partial charge in [0.2, 0.25) is 15.9 Å². The third kappa shape index (κ3) is 4.70. The average molecular weight is 498 g/mol. The van der Waals surface area contributed by atoms with E-state index in [1.165, 1.54) is 9.87 Å². The Kier molecular flexibility index (Phi) is 6.22. The van der Waals surface area contributed by atoms with Crippen LogP contribution in [0.25, 0.3) is 0 Å². The molecule has 0 radical (unpaired) electrons. The highest BCUT2D eigenvalue weighted by Gasteiger charge is 2.32. The Bertz CT molecular complexity index is 934. The number of halogens is 1. The first kappa shape index (κ1) is 20.3. The topological polar surface area (TPSA) is 66.5 Å². The van der Waals surface area contributed by atoms with Crippen molar-refractivity contribution in [2.45, 2.75) is 31.6 Å². The number of sulfonamides is 1. The van der Waals surface area contributed by atoms with Crippen molar-refractivity contribution in [2.24, 2.45) is 5.92 Å². The van der Waals surface area contributed by atoms with Gasteiger partial charge in [-0.15, -0.1) is 0 Å². The number of carbonyl (C=O) groups is 1. The quantitative estimate of drug-likeness (QED) is 0.650. The Hall–Kier alpha value is -1.45. The molecule has 1 saturated heterocycles. The van der Waals surface area contributed by atoms with E-state index in [1.54, 1.807) is 24.3 Å². The fourth-order valence-corrected chi connectivity index (χ4v) is 5.12. The summed E-state index contributed by atoms with van der Waals surface area (Å²) in [5.74, 6) is -0.213. The summed E-state index contributed by atoms with van der Waals surface area (Å²) in [6.45, 7) is 4.67. The van der Waals surface area contributed by atoms with Gasteiger partial charge in [-0.05, 0) is 79.1 Å². The van der Waals surface area contributed by atoms with Gasteiger partial charge in [-0.25, -0.2) is 8.42 Å². The number of carbonyl (C=O) groups excluding carboxylic acids is 1. The number of piperidine rings is 1. The molecule has 7 heteroatoms. The van der Waals surface area contributed by atoms with Gasteiger partial charge in [0, 0.05) is 28.3 Å². The highest BCUT2D eigenvalue weighted by Crippen LogP contribution is 2.25. The van der Waals surface area contributed by atoms with Crippen molar-refractivity contribution in [3.63, 3.8) is 0 Å². The molecule has 144 valence electrons. The van der Waals surface area contributed by atoms with Crippen LogP contribution in [0.3, 0.4) is 0 Å². The lowest BCUT2D eigenvalue weighted by Crippen LogP contribution is -2.41. The molecule has 0 unspecified atom stereocenters. The van der Waals surface area contributed by atoms with E-state index in [2.05, 4.69) is 27.9 Å². The summed E-state index contributed by atoms with van der Waals surface area (Å²) in [5, 5.41) is 2.96. The maximum Gasteiger partial charge on any atom is 0.243 e. The number of aryl methyl sites for hydroxylation is 2. The third-order valence-corrected chi connectivity index (χ3v) is 8.00. The number of hydrogen-bond donors (Lipinski definition) is 1. The van der Waals surface area contributed by atoms with Crippen LogP contribution < -0.4 is 5.32 Å². The molecule has 1 aliphatic heterocycles.